The molecule has 0 bridgehead atoms. The van der Waals surface area contributed by atoms with Gasteiger partial charge in [0.25, 0.3) is 0 Å². The van der Waals surface area contributed by atoms with E-state index in [4.69, 9.17) is 0 Å². The molecule has 16 heavy (non-hydrogen) atoms. The van der Waals surface area contributed by atoms with E-state index in [1.165, 1.54) is 26.4 Å². The van der Waals surface area contributed by atoms with Crippen molar-refractivity contribution in [2.75, 3.05) is 14.2 Å². The summed E-state index contributed by atoms with van der Waals surface area (Å²) in [4.78, 5) is 22.2. The molecule has 0 aliphatic carbocycles. The third-order valence-corrected chi connectivity index (χ3v) is 2.16. The molecule has 0 saturated heterocycles. The summed E-state index contributed by atoms with van der Waals surface area (Å²) in [7, 11) is 2.64. The molecule has 4 heteroatoms. The Labute approximate surface area is 95.9 Å². The molecule has 0 N–H and O–H groups in total. The van der Waals surface area contributed by atoms with Crippen LogP contribution in [0.25, 0.3) is 0 Å². The molecule has 90 valence electrons. The van der Waals surface area contributed by atoms with Gasteiger partial charge in [0, 0.05) is 12.2 Å². The van der Waals surface area contributed by atoms with Crippen molar-refractivity contribution < 1.29 is 19.1 Å². The lowest BCUT2D eigenvalue weighted by Crippen LogP contribution is -2.02. The molecule has 0 saturated carbocycles. The predicted molar refractivity (Wildman–Crippen MR) is 60.8 cm³/mol. The molecule has 0 atom stereocenters. The van der Waals surface area contributed by atoms with Crippen LogP contribution in [0.5, 0.6) is 0 Å². The first-order valence-electron chi connectivity index (χ1n) is 5.16. The fourth-order valence-electron chi connectivity index (χ4n) is 1.25. The van der Waals surface area contributed by atoms with Crippen LogP contribution in [0.3, 0.4) is 0 Å². The Morgan fingerprint density at radius 3 is 1.38 bits per heavy atom. The van der Waals surface area contributed by atoms with Gasteiger partial charge in [-0.05, 0) is 24.0 Å². The van der Waals surface area contributed by atoms with Crippen LogP contribution in [0.2, 0.25) is 0 Å². The van der Waals surface area contributed by atoms with Gasteiger partial charge in [-0.1, -0.05) is 13.8 Å². The van der Waals surface area contributed by atoms with Crippen molar-refractivity contribution in [3.8, 4) is 0 Å². The Balaban J connectivity index is 5.04. The summed E-state index contributed by atoms with van der Waals surface area (Å²) < 4.78 is 9.10. The number of allylic oxidation sites excluding steroid dienone is 2. The Bertz CT molecular complexity index is 281. The largest absolute Gasteiger partial charge is 0.466 e. The lowest BCUT2D eigenvalue weighted by Gasteiger charge is -2.07. The minimum atomic E-state index is -0.416. The van der Waals surface area contributed by atoms with E-state index in [-0.39, 0.29) is 0 Å². The molecule has 0 spiro atoms. The third-order valence-electron chi connectivity index (χ3n) is 2.16. The molecule has 0 aromatic rings. The van der Waals surface area contributed by atoms with Gasteiger partial charge in [-0.25, -0.2) is 9.59 Å². The third kappa shape index (κ3) is 4.77. The van der Waals surface area contributed by atoms with Gasteiger partial charge in [0.1, 0.15) is 0 Å². The van der Waals surface area contributed by atoms with Crippen molar-refractivity contribution >= 4 is 11.9 Å². The summed E-state index contributed by atoms with van der Waals surface area (Å²) in [6, 6.07) is 0. The maximum atomic E-state index is 11.1. The van der Waals surface area contributed by atoms with Crippen LogP contribution in [0.15, 0.2) is 23.3 Å². The lowest BCUT2D eigenvalue weighted by atomic mass is 10.0. The van der Waals surface area contributed by atoms with Crippen molar-refractivity contribution in [3.63, 3.8) is 0 Å². The molecule has 0 radical (unpaired) electrons. The van der Waals surface area contributed by atoms with E-state index in [9.17, 15) is 9.59 Å². The van der Waals surface area contributed by atoms with Gasteiger partial charge in [0.05, 0.1) is 14.2 Å². The Hall–Kier alpha value is -1.58. The Morgan fingerprint density at radius 2 is 1.19 bits per heavy atom. The highest BCUT2D eigenvalue weighted by atomic mass is 16.5. The van der Waals surface area contributed by atoms with Gasteiger partial charge in [0.2, 0.25) is 0 Å². The number of carbonyl (C=O) groups is 2. The van der Waals surface area contributed by atoms with Crippen molar-refractivity contribution in [3.05, 3.63) is 23.3 Å². The molecule has 0 aromatic heterocycles. The van der Waals surface area contributed by atoms with Gasteiger partial charge in [-0.3, -0.25) is 0 Å². The summed E-state index contributed by atoms with van der Waals surface area (Å²) in [5.41, 5.74) is 1.58. The van der Waals surface area contributed by atoms with Crippen molar-refractivity contribution in [1.29, 1.82) is 0 Å². The second-order valence-electron chi connectivity index (χ2n) is 3.09. The average molecular weight is 226 g/mol. The van der Waals surface area contributed by atoms with E-state index < -0.39 is 11.9 Å². The second-order valence-corrected chi connectivity index (χ2v) is 3.09. The molecule has 0 unspecified atom stereocenters. The molecule has 0 aliphatic rings. The summed E-state index contributed by atoms with van der Waals surface area (Å²) in [5.74, 6) is -0.831. The highest BCUT2D eigenvalue weighted by molar-refractivity contribution is 5.86. The van der Waals surface area contributed by atoms with E-state index in [0.29, 0.717) is 12.8 Å². The zero-order valence-electron chi connectivity index (χ0n) is 10.2. The average Bonchev–Trinajstić information content (AvgIpc) is 2.32. The maximum absolute atomic E-state index is 11.1. The number of hydrogen-bond donors (Lipinski definition) is 0. The zero-order chi connectivity index (χ0) is 12.6. The molecule has 0 heterocycles. The predicted octanol–water partition coefficient (Wildman–Crippen LogP) is 2.01. The van der Waals surface area contributed by atoms with Crippen molar-refractivity contribution in [1.82, 2.24) is 0 Å². The molecule has 4 nitrogen and oxygen atoms in total. The molecule has 0 fully saturated rings. The number of ether oxygens (including phenoxy) is 2. The number of carbonyl (C=O) groups excluding carboxylic acids is 2. The minimum absolute atomic E-state index is 0.416. The number of esters is 2. The summed E-state index contributed by atoms with van der Waals surface area (Å²) in [6.07, 6.45) is 4.12. The van der Waals surface area contributed by atoms with E-state index in [1.807, 2.05) is 13.8 Å². The Kier molecular flexibility index (Phi) is 6.92. The van der Waals surface area contributed by atoms with Gasteiger partial charge in [0.15, 0.2) is 0 Å². The standard InChI is InChI=1S/C12H18O4/c1-5-9(7-11(13)15-3)10(6-2)8-12(14)16-4/h7-8H,5-6H2,1-4H3/b9-7+,10-8+. The SMILES string of the molecule is CCC(=C\C(=O)OC)/C(=C/C(=O)OC)CC. The number of methoxy groups -OCH3 is 2. The van der Waals surface area contributed by atoms with Gasteiger partial charge < -0.3 is 9.47 Å². The van der Waals surface area contributed by atoms with Gasteiger partial charge >= 0.3 is 11.9 Å². The van der Waals surface area contributed by atoms with E-state index >= 15 is 0 Å². The monoisotopic (exact) mass is 226 g/mol. The Morgan fingerprint density at radius 1 is 0.875 bits per heavy atom. The molecule has 0 rings (SSSR count). The first-order chi connectivity index (χ1) is 7.58. The summed E-state index contributed by atoms with van der Waals surface area (Å²) in [6.45, 7) is 3.82. The van der Waals surface area contributed by atoms with Crippen LogP contribution < -0.4 is 0 Å². The van der Waals surface area contributed by atoms with Gasteiger partial charge in [-0.2, -0.15) is 0 Å². The van der Waals surface area contributed by atoms with Crippen molar-refractivity contribution in [2.24, 2.45) is 0 Å². The van der Waals surface area contributed by atoms with Crippen molar-refractivity contribution in [2.45, 2.75) is 26.7 Å². The molecule has 0 aliphatic heterocycles. The first kappa shape index (κ1) is 14.4. The number of rotatable bonds is 5. The van der Waals surface area contributed by atoms with Crippen LogP contribution in [0.4, 0.5) is 0 Å². The normalized spacial score (nSPS) is 12.2. The quantitative estimate of drug-likeness (QED) is 0.409. The van der Waals surface area contributed by atoms with Crippen LogP contribution in [-0.4, -0.2) is 26.2 Å². The molecular formula is C12H18O4. The highest BCUT2D eigenvalue weighted by Gasteiger charge is 2.07. The topological polar surface area (TPSA) is 52.6 Å². The fraction of sp³-hybridized carbons (Fsp3) is 0.500. The van der Waals surface area contributed by atoms with Crippen LogP contribution >= 0.6 is 0 Å². The highest BCUT2D eigenvalue weighted by Crippen LogP contribution is 2.17. The maximum Gasteiger partial charge on any atom is 0.330 e. The van der Waals surface area contributed by atoms with Crippen LogP contribution in [-0.2, 0) is 19.1 Å². The second kappa shape index (κ2) is 7.68. The molecule has 0 amide bonds. The summed E-state index contributed by atoms with van der Waals surface area (Å²) >= 11 is 0. The summed E-state index contributed by atoms with van der Waals surface area (Å²) in [5, 5.41) is 0. The zero-order valence-corrected chi connectivity index (χ0v) is 10.2. The smallest absolute Gasteiger partial charge is 0.330 e. The molecular weight excluding hydrogens is 208 g/mol. The van der Waals surface area contributed by atoms with E-state index in [1.54, 1.807) is 0 Å². The van der Waals surface area contributed by atoms with Crippen LogP contribution in [0, 0.1) is 0 Å². The van der Waals surface area contributed by atoms with Gasteiger partial charge in [-0.15, -0.1) is 0 Å². The molecule has 0 aromatic carbocycles. The fourth-order valence-corrected chi connectivity index (χ4v) is 1.25. The van der Waals surface area contributed by atoms with Crippen LogP contribution in [0.1, 0.15) is 26.7 Å². The lowest BCUT2D eigenvalue weighted by molar-refractivity contribution is -0.135. The minimum Gasteiger partial charge on any atom is -0.466 e. The van der Waals surface area contributed by atoms with E-state index in [0.717, 1.165) is 11.1 Å². The number of hydrogen-bond acceptors (Lipinski definition) is 4. The van der Waals surface area contributed by atoms with E-state index in [2.05, 4.69) is 9.47 Å². The first-order valence-corrected chi connectivity index (χ1v) is 5.16.